The first-order valence-electron chi connectivity index (χ1n) is 12.3. The van der Waals surface area contributed by atoms with Crippen LogP contribution in [0.15, 0.2) is 72.8 Å². The summed E-state index contributed by atoms with van der Waals surface area (Å²) in [5.74, 6) is -4.59. The Balaban J connectivity index is 0.000000454. The predicted octanol–water partition coefficient (Wildman–Crippen LogP) is 3.46. The zero-order valence-electron chi connectivity index (χ0n) is 22.2. The molecule has 6 N–H and O–H groups in total. The van der Waals surface area contributed by atoms with Crippen LogP contribution in [0, 0.1) is 0 Å². The zero-order valence-corrected chi connectivity index (χ0v) is 22.2. The van der Waals surface area contributed by atoms with Crippen LogP contribution in [0.1, 0.15) is 29.2 Å². The van der Waals surface area contributed by atoms with E-state index in [9.17, 15) is 32.3 Å². The van der Waals surface area contributed by atoms with E-state index >= 15 is 0 Å². The second kappa shape index (κ2) is 17.9. The van der Waals surface area contributed by atoms with E-state index in [1.807, 2.05) is 18.2 Å². The van der Waals surface area contributed by atoms with Crippen molar-refractivity contribution in [3.8, 4) is 5.75 Å². The van der Waals surface area contributed by atoms with Gasteiger partial charge in [-0.2, -0.15) is 13.2 Å². The Morgan fingerprint density at radius 3 is 1.81 bits per heavy atom. The van der Waals surface area contributed by atoms with Crippen molar-refractivity contribution < 1.29 is 57.5 Å². The maximum absolute atomic E-state index is 12.7. The van der Waals surface area contributed by atoms with Crippen molar-refractivity contribution in [1.29, 1.82) is 0 Å². The highest BCUT2D eigenvalue weighted by Gasteiger charge is 2.30. The lowest BCUT2D eigenvalue weighted by atomic mass is 10.0. The molecule has 1 heterocycles. The lowest BCUT2D eigenvalue weighted by Gasteiger charge is -2.25. The van der Waals surface area contributed by atoms with Crippen LogP contribution in [0.3, 0.4) is 0 Å². The average Bonchev–Trinajstić information content (AvgIpc) is 3.09. The van der Waals surface area contributed by atoms with Crippen molar-refractivity contribution in [2.75, 3.05) is 26.2 Å². The Bertz CT molecular complexity index is 1180. The van der Waals surface area contributed by atoms with Gasteiger partial charge in [0.15, 0.2) is 0 Å². The zero-order chi connectivity index (χ0) is 31.7. The fourth-order valence-corrected chi connectivity index (χ4v) is 3.57. The summed E-state index contributed by atoms with van der Waals surface area (Å²) in [6.07, 6.45) is -0.498. The van der Waals surface area contributed by atoms with Gasteiger partial charge < -0.3 is 30.9 Å². The van der Waals surface area contributed by atoms with Crippen molar-refractivity contribution >= 4 is 23.9 Å². The van der Waals surface area contributed by atoms with Gasteiger partial charge in [-0.15, -0.1) is 0 Å². The van der Waals surface area contributed by atoms with Crippen LogP contribution in [-0.4, -0.2) is 75.4 Å². The molecule has 11 nitrogen and oxygen atoms in total. The summed E-state index contributed by atoms with van der Waals surface area (Å²) in [6.45, 7) is 3.13. The molecule has 0 aromatic heterocycles. The number of nitrogens with two attached hydrogens (primary N) is 1. The van der Waals surface area contributed by atoms with E-state index in [4.69, 9.17) is 30.9 Å². The number of carboxylic acids is 4. The van der Waals surface area contributed by atoms with Crippen molar-refractivity contribution in [1.82, 2.24) is 4.90 Å². The summed E-state index contributed by atoms with van der Waals surface area (Å²) < 4.78 is 44.3. The highest BCUT2D eigenvalue weighted by atomic mass is 19.4. The minimum absolute atomic E-state index is 0.219. The predicted molar refractivity (Wildman–Crippen MR) is 144 cm³/mol. The molecule has 2 aromatic rings. The van der Waals surface area contributed by atoms with Crippen LogP contribution >= 0.6 is 0 Å². The SMILES string of the molecule is NCCCN1CCc2ccccc2C(Oc2ccc(C(F)(F)F)cc2)C1.O=C(O)C=CC(=O)O.O=C(O)C=CC(=O)O. The number of hydrogen-bond acceptors (Lipinski definition) is 7. The van der Waals surface area contributed by atoms with E-state index in [1.54, 1.807) is 0 Å². The third-order valence-corrected chi connectivity index (χ3v) is 5.40. The number of carbonyl (C=O) groups is 4. The molecule has 0 bridgehead atoms. The van der Waals surface area contributed by atoms with E-state index in [-0.39, 0.29) is 6.10 Å². The summed E-state index contributed by atoms with van der Waals surface area (Å²) in [5, 5.41) is 31.2. The van der Waals surface area contributed by atoms with E-state index in [1.165, 1.54) is 17.7 Å². The van der Waals surface area contributed by atoms with Gasteiger partial charge >= 0.3 is 30.1 Å². The quantitative estimate of drug-likeness (QED) is 0.267. The molecule has 0 radical (unpaired) electrons. The van der Waals surface area contributed by atoms with E-state index in [0.29, 0.717) is 43.1 Å². The van der Waals surface area contributed by atoms with E-state index in [0.717, 1.165) is 43.6 Å². The van der Waals surface area contributed by atoms with Crippen molar-refractivity contribution in [3.05, 3.63) is 89.5 Å². The molecule has 14 heteroatoms. The third-order valence-electron chi connectivity index (χ3n) is 5.40. The Morgan fingerprint density at radius 2 is 1.36 bits per heavy atom. The summed E-state index contributed by atoms with van der Waals surface area (Å²) >= 11 is 0. The molecule has 0 saturated carbocycles. The second-order valence-electron chi connectivity index (χ2n) is 8.54. The number of ether oxygens (including phenoxy) is 1. The fraction of sp³-hybridized carbons (Fsp3) is 0.286. The van der Waals surface area contributed by atoms with Gasteiger partial charge in [-0.1, -0.05) is 24.3 Å². The largest absolute Gasteiger partial charge is 0.484 e. The minimum Gasteiger partial charge on any atom is -0.484 e. The van der Waals surface area contributed by atoms with Gasteiger partial charge in [-0.25, -0.2) is 19.2 Å². The summed E-state index contributed by atoms with van der Waals surface area (Å²) in [4.78, 5) is 40.5. The highest BCUT2D eigenvalue weighted by molar-refractivity contribution is 5.90. The number of halogens is 3. The standard InChI is InChI=1S/C20H23F3N2O.2C4H4O4/c21-20(22,23)16-6-8-17(9-7-16)26-19-14-25(12-3-11-24)13-10-15-4-1-2-5-18(15)19;2*5-3(6)1-2-4(7)8/h1-2,4-9,19H,3,10-14,24H2;2*1-2H,(H,5,6)(H,7,8). The molecule has 42 heavy (non-hydrogen) atoms. The summed E-state index contributed by atoms with van der Waals surface area (Å²) in [6, 6.07) is 13.0. The number of carboxylic acid groups (broad SMARTS) is 4. The normalized spacial score (nSPS) is 14.9. The van der Waals surface area contributed by atoms with Crippen LogP contribution in [0.2, 0.25) is 0 Å². The molecule has 0 aliphatic carbocycles. The van der Waals surface area contributed by atoms with Crippen LogP contribution in [0.4, 0.5) is 13.2 Å². The molecule has 0 saturated heterocycles. The number of benzene rings is 2. The smallest absolute Gasteiger partial charge is 0.416 e. The van der Waals surface area contributed by atoms with Gasteiger partial charge in [-0.05, 0) is 61.3 Å². The first kappa shape index (κ1) is 35.3. The van der Waals surface area contributed by atoms with Crippen molar-refractivity contribution in [2.24, 2.45) is 5.73 Å². The molecule has 1 unspecified atom stereocenters. The average molecular weight is 597 g/mol. The maximum atomic E-state index is 12.7. The molecule has 1 aliphatic rings. The van der Waals surface area contributed by atoms with Crippen LogP contribution in [0.5, 0.6) is 5.75 Å². The second-order valence-corrected chi connectivity index (χ2v) is 8.54. The van der Waals surface area contributed by atoms with Crippen molar-refractivity contribution in [3.63, 3.8) is 0 Å². The number of alkyl halides is 3. The number of rotatable bonds is 9. The van der Waals surface area contributed by atoms with Crippen LogP contribution in [0.25, 0.3) is 0 Å². The summed E-state index contributed by atoms with van der Waals surface area (Å²) in [5.41, 5.74) is 7.28. The number of nitrogens with zero attached hydrogens (tertiary/aromatic N) is 1. The molecule has 0 spiro atoms. The number of aliphatic carboxylic acids is 4. The van der Waals surface area contributed by atoms with Gasteiger partial charge in [0.2, 0.25) is 0 Å². The number of fused-ring (bicyclic) bond motifs is 1. The topological polar surface area (TPSA) is 188 Å². The summed E-state index contributed by atoms with van der Waals surface area (Å²) in [7, 11) is 0. The Kier molecular flexibility index (Phi) is 15.0. The molecule has 228 valence electrons. The minimum atomic E-state index is -4.34. The highest BCUT2D eigenvalue weighted by Crippen LogP contribution is 2.32. The van der Waals surface area contributed by atoms with E-state index in [2.05, 4.69) is 11.0 Å². The molecular weight excluding hydrogens is 565 g/mol. The fourth-order valence-electron chi connectivity index (χ4n) is 3.57. The van der Waals surface area contributed by atoms with Gasteiger partial charge in [0.1, 0.15) is 11.9 Å². The van der Waals surface area contributed by atoms with Crippen LogP contribution in [-0.2, 0) is 31.8 Å². The van der Waals surface area contributed by atoms with Gasteiger partial charge in [0.25, 0.3) is 0 Å². The molecular formula is C28H31F3N2O9. The van der Waals surface area contributed by atoms with Crippen LogP contribution < -0.4 is 10.5 Å². The molecule has 1 aliphatic heterocycles. The molecule has 1 atom stereocenters. The first-order chi connectivity index (χ1) is 19.7. The lowest BCUT2D eigenvalue weighted by molar-refractivity contribution is -0.137. The first-order valence-corrected chi connectivity index (χ1v) is 12.3. The van der Waals surface area contributed by atoms with Crippen molar-refractivity contribution in [2.45, 2.75) is 25.1 Å². The van der Waals surface area contributed by atoms with Gasteiger partial charge in [0, 0.05) is 37.4 Å². The van der Waals surface area contributed by atoms with E-state index < -0.39 is 35.6 Å². The lowest BCUT2D eigenvalue weighted by Crippen LogP contribution is -2.32. The monoisotopic (exact) mass is 596 g/mol. The van der Waals surface area contributed by atoms with Gasteiger partial charge in [0.05, 0.1) is 5.56 Å². The molecule has 0 amide bonds. The molecule has 0 fully saturated rings. The van der Waals surface area contributed by atoms with Gasteiger partial charge in [-0.3, -0.25) is 4.90 Å². The molecule has 3 rings (SSSR count). The Hall–Kier alpha value is -4.69. The molecule has 2 aromatic carbocycles. The third kappa shape index (κ3) is 14.6. The Labute approximate surface area is 238 Å². The number of hydrogen-bond donors (Lipinski definition) is 5. The maximum Gasteiger partial charge on any atom is 0.416 e. The Morgan fingerprint density at radius 1 is 0.857 bits per heavy atom.